The second-order valence-corrected chi connectivity index (χ2v) is 5.86. The smallest absolute Gasteiger partial charge is 0.128 e. The van der Waals surface area contributed by atoms with Crippen LogP contribution in [0.15, 0.2) is 30.5 Å². The van der Waals surface area contributed by atoms with Gasteiger partial charge in [0.2, 0.25) is 0 Å². The first kappa shape index (κ1) is 14.0. The summed E-state index contributed by atoms with van der Waals surface area (Å²) in [4.78, 5) is 13.3. The van der Waals surface area contributed by atoms with Gasteiger partial charge in [-0.05, 0) is 38.5 Å². The first-order valence-corrected chi connectivity index (χ1v) is 7.38. The Morgan fingerprint density at radius 2 is 2.00 bits per heavy atom. The van der Waals surface area contributed by atoms with Crippen LogP contribution in [0, 0.1) is 13.8 Å². The van der Waals surface area contributed by atoms with Gasteiger partial charge in [-0.15, -0.1) is 11.6 Å². The number of halogens is 1. The first-order chi connectivity index (χ1) is 10.1. The lowest BCUT2D eigenvalue weighted by molar-refractivity contribution is 0.721. The van der Waals surface area contributed by atoms with Crippen molar-refractivity contribution in [2.45, 2.75) is 32.7 Å². The van der Waals surface area contributed by atoms with Crippen LogP contribution in [0.4, 0.5) is 0 Å². The molecule has 1 unspecified atom stereocenters. The third-order valence-corrected chi connectivity index (χ3v) is 3.71. The normalized spacial score (nSPS) is 12.8. The molecule has 0 spiro atoms. The molecule has 4 nitrogen and oxygen atoms in total. The van der Waals surface area contributed by atoms with E-state index in [0.717, 1.165) is 33.9 Å². The van der Waals surface area contributed by atoms with Gasteiger partial charge in [-0.25, -0.2) is 15.0 Å². The van der Waals surface area contributed by atoms with E-state index in [1.807, 2.05) is 26.0 Å². The lowest BCUT2D eigenvalue weighted by Crippen LogP contribution is -2.08. The quantitative estimate of drug-likeness (QED) is 0.691. The zero-order valence-electron chi connectivity index (χ0n) is 12.3. The maximum Gasteiger partial charge on any atom is 0.128 e. The first-order valence-electron chi connectivity index (χ1n) is 6.94. The number of aromatic nitrogens is 4. The summed E-state index contributed by atoms with van der Waals surface area (Å²) in [6.45, 7) is 6.55. The maximum absolute atomic E-state index is 6.31. The lowest BCUT2D eigenvalue weighted by atomic mass is 10.2. The van der Waals surface area contributed by atoms with E-state index in [9.17, 15) is 0 Å². The van der Waals surface area contributed by atoms with Gasteiger partial charge in [0.1, 0.15) is 11.6 Å². The van der Waals surface area contributed by atoms with Crippen LogP contribution in [-0.4, -0.2) is 19.5 Å². The summed E-state index contributed by atoms with van der Waals surface area (Å²) in [5.41, 5.74) is 4.21. The van der Waals surface area contributed by atoms with E-state index < -0.39 is 0 Å². The van der Waals surface area contributed by atoms with Crippen molar-refractivity contribution in [2.75, 3.05) is 0 Å². The molecule has 0 bridgehead atoms. The summed E-state index contributed by atoms with van der Waals surface area (Å²) >= 11 is 6.31. The third-order valence-electron chi connectivity index (χ3n) is 3.52. The summed E-state index contributed by atoms with van der Waals surface area (Å²) < 4.78 is 2.14. The molecular weight excluding hydrogens is 284 g/mol. The van der Waals surface area contributed by atoms with Crippen LogP contribution in [-0.2, 0) is 6.54 Å². The third kappa shape index (κ3) is 2.63. The zero-order chi connectivity index (χ0) is 15.0. The van der Waals surface area contributed by atoms with Crippen LogP contribution in [0.5, 0.6) is 0 Å². The summed E-state index contributed by atoms with van der Waals surface area (Å²) in [6, 6.07) is 8.12. The highest BCUT2D eigenvalue weighted by atomic mass is 35.5. The Bertz CT molecular complexity index is 792. The van der Waals surface area contributed by atoms with Gasteiger partial charge in [0.05, 0.1) is 28.6 Å². The molecule has 0 aliphatic heterocycles. The van der Waals surface area contributed by atoms with E-state index in [0.29, 0.717) is 6.54 Å². The van der Waals surface area contributed by atoms with Crippen LogP contribution < -0.4 is 0 Å². The van der Waals surface area contributed by atoms with Crippen molar-refractivity contribution in [2.24, 2.45) is 0 Å². The minimum Gasteiger partial charge on any atom is -0.321 e. The predicted octanol–water partition coefficient (Wildman–Crippen LogP) is 3.79. The number of hydrogen-bond acceptors (Lipinski definition) is 3. The number of fused-ring (bicyclic) bond motifs is 1. The van der Waals surface area contributed by atoms with Gasteiger partial charge in [0.25, 0.3) is 0 Å². The number of alkyl halides is 1. The molecule has 21 heavy (non-hydrogen) atoms. The largest absolute Gasteiger partial charge is 0.321 e. The van der Waals surface area contributed by atoms with Crippen LogP contribution in [0.25, 0.3) is 11.0 Å². The number of hydrogen-bond donors (Lipinski definition) is 0. The molecule has 108 valence electrons. The van der Waals surface area contributed by atoms with Crippen molar-refractivity contribution in [3.63, 3.8) is 0 Å². The highest BCUT2D eigenvalue weighted by Gasteiger charge is 2.16. The maximum atomic E-state index is 6.31. The van der Waals surface area contributed by atoms with Crippen molar-refractivity contribution in [1.29, 1.82) is 0 Å². The number of nitrogens with zero attached hydrogens (tertiary/aromatic N) is 4. The Kier molecular flexibility index (Phi) is 3.64. The van der Waals surface area contributed by atoms with E-state index in [-0.39, 0.29) is 5.38 Å². The molecule has 3 aromatic rings. The van der Waals surface area contributed by atoms with Gasteiger partial charge in [0, 0.05) is 6.20 Å². The van der Waals surface area contributed by atoms with Gasteiger partial charge in [-0.3, -0.25) is 0 Å². The van der Waals surface area contributed by atoms with Crippen molar-refractivity contribution in [3.8, 4) is 0 Å². The van der Waals surface area contributed by atoms with Gasteiger partial charge >= 0.3 is 0 Å². The molecule has 0 saturated carbocycles. The second-order valence-electron chi connectivity index (χ2n) is 5.21. The van der Waals surface area contributed by atoms with Gasteiger partial charge in [-0.2, -0.15) is 0 Å². The number of benzene rings is 1. The standard InChI is InChI=1S/C16H17ClN4/c1-10-5-4-6-14-15(10)20-16(11(2)17)21(14)9-13-7-8-18-12(3)19-13/h4-8,11H,9H2,1-3H3. The summed E-state index contributed by atoms with van der Waals surface area (Å²) in [5.74, 6) is 1.64. The van der Waals surface area contributed by atoms with Crippen molar-refractivity contribution in [1.82, 2.24) is 19.5 Å². The van der Waals surface area contributed by atoms with Crippen LogP contribution in [0.2, 0.25) is 0 Å². The topological polar surface area (TPSA) is 43.6 Å². The lowest BCUT2D eigenvalue weighted by Gasteiger charge is -2.10. The Labute approximate surface area is 128 Å². The Morgan fingerprint density at radius 3 is 2.71 bits per heavy atom. The number of rotatable bonds is 3. The molecule has 0 amide bonds. The molecule has 0 aliphatic rings. The van der Waals surface area contributed by atoms with Crippen molar-refractivity contribution in [3.05, 3.63) is 53.4 Å². The summed E-state index contributed by atoms with van der Waals surface area (Å²) in [5, 5.41) is -0.153. The highest BCUT2D eigenvalue weighted by Crippen LogP contribution is 2.26. The van der Waals surface area contributed by atoms with E-state index in [4.69, 9.17) is 16.6 Å². The Morgan fingerprint density at radius 1 is 1.19 bits per heavy atom. The van der Waals surface area contributed by atoms with E-state index >= 15 is 0 Å². The van der Waals surface area contributed by atoms with E-state index in [2.05, 4.69) is 33.6 Å². The molecule has 1 aromatic carbocycles. The van der Waals surface area contributed by atoms with Crippen LogP contribution in [0.1, 0.15) is 35.2 Å². The van der Waals surface area contributed by atoms with E-state index in [1.54, 1.807) is 6.20 Å². The molecule has 3 rings (SSSR count). The fourth-order valence-corrected chi connectivity index (χ4v) is 2.70. The number of imidazole rings is 1. The van der Waals surface area contributed by atoms with Crippen LogP contribution in [0.3, 0.4) is 0 Å². The molecule has 5 heteroatoms. The Balaban J connectivity index is 2.16. The Hall–Kier alpha value is -1.94. The highest BCUT2D eigenvalue weighted by molar-refractivity contribution is 6.20. The molecule has 0 aliphatic carbocycles. The SMILES string of the molecule is Cc1nccc(Cn2c(C(C)Cl)nc3c(C)cccc32)n1. The minimum absolute atomic E-state index is 0.153. The minimum atomic E-state index is -0.153. The fraction of sp³-hybridized carbons (Fsp3) is 0.312. The average molecular weight is 301 g/mol. The molecule has 1 atom stereocenters. The molecule has 0 saturated heterocycles. The van der Waals surface area contributed by atoms with Crippen molar-refractivity contribution < 1.29 is 0 Å². The summed E-state index contributed by atoms with van der Waals surface area (Å²) in [7, 11) is 0. The summed E-state index contributed by atoms with van der Waals surface area (Å²) in [6.07, 6.45) is 1.78. The van der Waals surface area contributed by atoms with Crippen molar-refractivity contribution >= 4 is 22.6 Å². The fourth-order valence-electron chi connectivity index (χ4n) is 2.53. The zero-order valence-corrected chi connectivity index (χ0v) is 13.1. The number of para-hydroxylation sites is 1. The van der Waals surface area contributed by atoms with E-state index in [1.165, 1.54) is 0 Å². The molecule has 2 heterocycles. The van der Waals surface area contributed by atoms with Crippen LogP contribution >= 0.6 is 11.6 Å². The van der Waals surface area contributed by atoms with Gasteiger partial charge in [-0.1, -0.05) is 12.1 Å². The molecular formula is C16H17ClN4. The molecule has 0 radical (unpaired) electrons. The predicted molar refractivity (Wildman–Crippen MR) is 84.6 cm³/mol. The molecule has 0 N–H and O–H groups in total. The molecule has 0 fully saturated rings. The van der Waals surface area contributed by atoms with Gasteiger partial charge < -0.3 is 4.57 Å². The second kappa shape index (κ2) is 5.45. The van der Waals surface area contributed by atoms with Gasteiger partial charge in [0.15, 0.2) is 0 Å². The average Bonchev–Trinajstić information content (AvgIpc) is 2.80. The number of aryl methyl sites for hydroxylation is 2. The molecule has 2 aromatic heterocycles. The monoisotopic (exact) mass is 300 g/mol.